The summed E-state index contributed by atoms with van der Waals surface area (Å²) in [5.41, 5.74) is 3.90. The molecule has 30 heavy (non-hydrogen) atoms. The molecule has 2 N–H and O–H groups in total. The lowest BCUT2D eigenvalue weighted by Crippen LogP contribution is -2.45. The van der Waals surface area contributed by atoms with E-state index in [4.69, 9.17) is 22.1 Å². The molecule has 0 aliphatic carbocycles. The van der Waals surface area contributed by atoms with Gasteiger partial charge in [-0.2, -0.15) is 5.10 Å². The highest BCUT2D eigenvalue weighted by Gasteiger charge is 2.33. The number of nitrogens with one attached hydrogen (secondary N) is 2. The van der Waals surface area contributed by atoms with Crippen LogP contribution in [0.1, 0.15) is 18.5 Å². The molecule has 8 heteroatoms. The number of nitrogens with zero attached hydrogens (tertiary/aromatic N) is 2. The Morgan fingerprint density at radius 3 is 2.53 bits per heavy atom. The lowest BCUT2D eigenvalue weighted by molar-refractivity contribution is -0.136. The molecule has 0 amide bonds. The fourth-order valence-corrected chi connectivity index (χ4v) is 3.72. The predicted molar refractivity (Wildman–Crippen MR) is 115 cm³/mol. The monoisotopic (exact) mass is 422 g/mol. The summed E-state index contributed by atoms with van der Waals surface area (Å²) in [5, 5.41) is 11.3. The molecule has 1 aromatic heterocycles. The van der Waals surface area contributed by atoms with Crippen LogP contribution in [0.15, 0.2) is 72.1 Å². The number of aromatic nitrogens is 2. The van der Waals surface area contributed by atoms with Crippen molar-refractivity contribution in [2.75, 3.05) is 7.11 Å². The topological polar surface area (TPSA) is 68.2 Å². The third-order valence-electron chi connectivity index (χ3n) is 4.87. The number of ether oxygens (including phenoxy) is 1. The van der Waals surface area contributed by atoms with Gasteiger partial charge in [-0.25, -0.2) is 13.9 Å². The summed E-state index contributed by atoms with van der Waals surface area (Å²) in [4.78, 5) is 12.6. The van der Waals surface area contributed by atoms with E-state index in [9.17, 15) is 9.18 Å². The number of carbonyl (C=O) groups is 1. The fourth-order valence-electron chi connectivity index (χ4n) is 3.45. The second-order valence-corrected chi connectivity index (χ2v) is 7.19. The SMILES string of the molecule is COC(=O)C1=C(C)NC(=S)N[C@@H]1c1cn(-c2ccccc2)nc1-c1ccc(F)cc1. The molecule has 1 aliphatic heterocycles. The summed E-state index contributed by atoms with van der Waals surface area (Å²) < 4.78 is 20.2. The van der Waals surface area contributed by atoms with E-state index in [1.807, 2.05) is 36.5 Å². The average molecular weight is 422 g/mol. The first-order valence-corrected chi connectivity index (χ1v) is 9.66. The van der Waals surface area contributed by atoms with Gasteiger partial charge >= 0.3 is 5.97 Å². The molecule has 0 saturated carbocycles. The Morgan fingerprint density at radius 1 is 1.17 bits per heavy atom. The van der Waals surface area contributed by atoms with Gasteiger partial charge in [0.2, 0.25) is 0 Å². The van der Waals surface area contributed by atoms with Crippen LogP contribution in [0.4, 0.5) is 4.39 Å². The Bertz CT molecular complexity index is 1140. The average Bonchev–Trinajstić information content (AvgIpc) is 3.19. The first-order valence-electron chi connectivity index (χ1n) is 9.25. The van der Waals surface area contributed by atoms with Crippen molar-refractivity contribution in [3.8, 4) is 16.9 Å². The van der Waals surface area contributed by atoms with Gasteiger partial charge in [0.25, 0.3) is 0 Å². The minimum absolute atomic E-state index is 0.338. The van der Waals surface area contributed by atoms with Crippen molar-refractivity contribution in [1.29, 1.82) is 0 Å². The van der Waals surface area contributed by atoms with E-state index in [2.05, 4.69) is 10.6 Å². The van der Waals surface area contributed by atoms with Crippen LogP contribution in [0.5, 0.6) is 0 Å². The Morgan fingerprint density at radius 2 is 1.87 bits per heavy atom. The third kappa shape index (κ3) is 3.69. The van der Waals surface area contributed by atoms with Crippen LogP contribution in [-0.2, 0) is 9.53 Å². The van der Waals surface area contributed by atoms with Crippen LogP contribution >= 0.6 is 12.2 Å². The van der Waals surface area contributed by atoms with Crippen molar-refractivity contribution in [3.63, 3.8) is 0 Å². The summed E-state index contributed by atoms with van der Waals surface area (Å²) in [6, 6.07) is 15.1. The third-order valence-corrected chi connectivity index (χ3v) is 5.09. The van der Waals surface area contributed by atoms with E-state index in [0.717, 1.165) is 5.69 Å². The van der Waals surface area contributed by atoms with E-state index in [1.165, 1.54) is 19.2 Å². The fraction of sp³-hybridized carbons (Fsp3) is 0.136. The number of benzene rings is 2. The van der Waals surface area contributed by atoms with Crippen LogP contribution in [0, 0.1) is 5.82 Å². The van der Waals surface area contributed by atoms with Crippen molar-refractivity contribution in [2.45, 2.75) is 13.0 Å². The van der Waals surface area contributed by atoms with Gasteiger partial charge in [0.1, 0.15) is 5.82 Å². The standard InChI is InChI=1S/C22H19FN4O2S/c1-13-18(21(28)29-2)20(25-22(30)24-13)17-12-27(16-6-4-3-5-7-16)26-19(17)14-8-10-15(23)11-9-14/h3-12,20H,1-2H3,(H2,24,25,30)/t20-/m1/s1. The number of methoxy groups -OCH3 is 1. The van der Waals surface area contributed by atoms with Gasteiger partial charge in [-0.15, -0.1) is 0 Å². The number of para-hydroxylation sites is 1. The van der Waals surface area contributed by atoms with Gasteiger partial charge in [-0.1, -0.05) is 18.2 Å². The maximum atomic E-state index is 13.5. The molecule has 0 spiro atoms. The zero-order chi connectivity index (χ0) is 21.3. The lowest BCUT2D eigenvalue weighted by Gasteiger charge is -2.29. The summed E-state index contributed by atoms with van der Waals surface area (Å²) in [6.45, 7) is 1.77. The molecule has 2 aromatic carbocycles. The molecule has 0 saturated heterocycles. The van der Waals surface area contributed by atoms with Gasteiger partial charge in [-0.05, 0) is 55.5 Å². The van der Waals surface area contributed by atoms with Crippen molar-refractivity contribution < 1.29 is 13.9 Å². The minimum atomic E-state index is -0.580. The number of halogens is 1. The first kappa shape index (κ1) is 19.8. The van der Waals surface area contributed by atoms with E-state index in [0.29, 0.717) is 33.2 Å². The van der Waals surface area contributed by atoms with Crippen LogP contribution in [0.25, 0.3) is 16.9 Å². The van der Waals surface area contributed by atoms with E-state index in [-0.39, 0.29) is 5.82 Å². The molecule has 3 aromatic rings. The number of esters is 1. The lowest BCUT2D eigenvalue weighted by atomic mass is 9.94. The summed E-state index contributed by atoms with van der Waals surface area (Å²) in [7, 11) is 1.33. The maximum Gasteiger partial charge on any atom is 0.337 e. The Labute approximate surface area is 178 Å². The first-order chi connectivity index (χ1) is 14.5. The summed E-state index contributed by atoms with van der Waals surface area (Å²) in [5.74, 6) is -0.813. The van der Waals surface area contributed by atoms with Crippen molar-refractivity contribution in [2.24, 2.45) is 0 Å². The van der Waals surface area contributed by atoms with Gasteiger partial charge in [0.05, 0.1) is 30.1 Å². The highest BCUT2D eigenvalue weighted by molar-refractivity contribution is 7.80. The molecule has 0 fully saturated rings. The number of thiocarbonyl (C=S) groups is 1. The summed E-state index contributed by atoms with van der Waals surface area (Å²) >= 11 is 5.33. The molecule has 6 nitrogen and oxygen atoms in total. The molecule has 1 atom stereocenters. The van der Waals surface area contributed by atoms with Gasteiger partial charge in [0, 0.05) is 23.0 Å². The predicted octanol–water partition coefficient (Wildman–Crippen LogP) is 3.64. The number of rotatable bonds is 4. The number of hydrogen-bond acceptors (Lipinski definition) is 4. The zero-order valence-electron chi connectivity index (χ0n) is 16.3. The molecule has 152 valence electrons. The molecule has 2 heterocycles. The quantitative estimate of drug-likeness (QED) is 0.494. The number of hydrogen-bond donors (Lipinski definition) is 2. The highest BCUT2D eigenvalue weighted by atomic mass is 32.1. The van der Waals surface area contributed by atoms with Crippen molar-refractivity contribution in [1.82, 2.24) is 20.4 Å². The van der Waals surface area contributed by atoms with Crippen LogP contribution in [0.3, 0.4) is 0 Å². The second kappa shape index (κ2) is 8.08. The van der Waals surface area contributed by atoms with Crippen molar-refractivity contribution in [3.05, 3.63) is 83.4 Å². The zero-order valence-corrected chi connectivity index (χ0v) is 17.2. The van der Waals surface area contributed by atoms with Gasteiger partial charge < -0.3 is 15.4 Å². The minimum Gasteiger partial charge on any atom is -0.466 e. The Balaban J connectivity index is 1.92. The molecule has 0 bridgehead atoms. The van der Waals surface area contributed by atoms with Gasteiger partial charge in [0.15, 0.2) is 5.11 Å². The largest absolute Gasteiger partial charge is 0.466 e. The molecule has 4 rings (SSSR count). The summed E-state index contributed by atoms with van der Waals surface area (Å²) in [6.07, 6.45) is 1.84. The maximum absolute atomic E-state index is 13.5. The van der Waals surface area contributed by atoms with Crippen LogP contribution in [-0.4, -0.2) is 28.0 Å². The van der Waals surface area contributed by atoms with E-state index < -0.39 is 12.0 Å². The van der Waals surface area contributed by atoms with Gasteiger partial charge in [-0.3, -0.25) is 0 Å². The van der Waals surface area contributed by atoms with Crippen LogP contribution < -0.4 is 10.6 Å². The van der Waals surface area contributed by atoms with Crippen LogP contribution in [0.2, 0.25) is 0 Å². The van der Waals surface area contributed by atoms with E-state index >= 15 is 0 Å². The Hall–Kier alpha value is -3.52. The number of allylic oxidation sites excluding steroid dienone is 1. The molecule has 1 aliphatic rings. The molecular weight excluding hydrogens is 403 g/mol. The molecule has 0 radical (unpaired) electrons. The number of carbonyl (C=O) groups excluding carboxylic acids is 1. The highest BCUT2D eigenvalue weighted by Crippen LogP contribution is 2.35. The Kier molecular flexibility index (Phi) is 5.33. The van der Waals surface area contributed by atoms with E-state index in [1.54, 1.807) is 23.7 Å². The molecular formula is C22H19FN4O2S. The second-order valence-electron chi connectivity index (χ2n) is 6.78. The van der Waals surface area contributed by atoms with Crippen molar-refractivity contribution >= 4 is 23.3 Å². The molecule has 0 unspecified atom stereocenters. The normalized spacial score (nSPS) is 16.1. The smallest absolute Gasteiger partial charge is 0.337 e.